The molecule has 512 valence electrons. The normalized spacial score (nSPS) is 14.3. The number of rotatable bonds is 66. The van der Waals surface area contributed by atoms with E-state index in [1.807, 2.05) is 0 Å². The maximum atomic E-state index is 13.0. The maximum absolute atomic E-state index is 13.0. The Bertz CT molecular complexity index is 1780. The molecule has 0 spiro atoms. The van der Waals surface area contributed by atoms with Gasteiger partial charge in [0.15, 0.2) is 12.2 Å². The van der Waals surface area contributed by atoms with Crippen molar-refractivity contribution in [2.45, 2.75) is 342 Å². The molecule has 5 atom stereocenters. The van der Waals surface area contributed by atoms with Crippen LogP contribution < -0.4 is 0 Å². The average molecular weight is 1280 g/mol. The summed E-state index contributed by atoms with van der Waals surface area (Å²) in [6, 6.07) is 0. The Balaban J connectivity index is 5.28. The molecule has 0 aliphatic rings. The Morgan fingerprint density at radius 1 is 0.356 bits per heavy atom. The van der Waals surface area contributed by atoms with Crippen molar-refractivity contribution < 1.29 is 80.2 Å². The van der Waals surface area contributed by atoms with Crippen molar-refractivity contribution in [1.82, 2.24) is 0 Å². The Morgan fingerprint density at radius 3 is 0.943 bits per heavy atom. The van der Waals surface area contributed by atoms with Crippen LogP contribution in [-0.4, -0.2) is 96.7 Å². The summed E-state index contributed by atoms with van der Waals surface area (Å²) >= 11 is 0. The van der Waals surface area contributed by atoms with Gasteiger partial charge in [0, 0.05) is 25.7 Å². The quantitative estimate of drug-likeness (QED) is 0.0169. The molecule has 0 aromatic heterocycles. The Labute approximate surface area is 529 Å². The fourth-order valence-corrected chi connectivity index (χ4v) is 11.3. The van der Waals surface area contributed by atoms with Crippen molar-refractivity contribution in [2.24, 2.45) is 5.92 Å². The number of carbonyl (C=O) groups is 4. The van der Waals surface area contributed by atoms with E-state index in [2.05, 4.69) is 58.9 Å². The van der Waals surface area contributed by atoms with E-state index in [-0.39, 0.29) is 25.7 Å². The number of unbranched alkanes of at least 4 members (excludes halogenated alkanes) is 35. The largest absolute Gasteiger partial charge is 0.472 e. The molecule has 2 unspecified atom stereocenters. The molecule has 0 heterocycles. The number of hydrogen-bond acceptors (Lipinski definition) is 15. The van der Waals surface area contributed by atoms with Gasteiger partial charge in [-0.15, -0.1) is 0 Å². The molecule has 87 heavy (non-hydrogen) atoms. The van der Waals surface area contributed by atoms with Crippen molar-refractivity contribution >= 4 is 39.5 Å². The summed E-state index contributed by atoms with van der Waals surface area (Å²) in [5.41, 5.74) is 0. The minimum absolute atomic E-state index is 0.0852. The second-order valence-corrected chi connectivity index (χ2v) is 27.3. The van der Waals surface area contributed by atoms with Gasteiger partial charge in [-0.05, 0) is 57.3 Å². The number of phosphoric ester groups is 2. The van der Waals surface area contributed by atoms with Crippen molar-refractivity contribution in [3.05, 3.63) is 24.3 Å². The fraction of sp³-hybridized carbons (Fsp3) is 0.882. The lowest BCUT2D eigenvalue weighted by atomic mass is 10.0. The third-order valence-electron chi connectivity index (χ3n) is 15.2. The van der Waals surface area contributed by atoms with Crippen LogP contribution in [0.15, 0.2) is 24.3 Å². The van der Waals surface area contributed by atoms with Gasteiger partial charge in [0.2, 0.25) is 0 Å². The van der Waals surface area contributed by atoms with Crippen LogP contribution >= 0.6 is 15.6 Å². The molecule has 0 saturated heterocycles. The first kappa shape index (κ1) is 84.5. The van der Waals surface area contributed by atoms with Crippen molar-refractivity contribution in [3.63, 3.8) is 0 Å². The van der Waals surface area contributed by atoms with Gasteiger partial charge in [0.05, 0.1) is 26.4 Å². The zero-order valence-corrected chi connectivity index (χ0v) is 57.4. The van der Waals surface area contributed by atoms with Crippen LogP contribution in [0.1, 0.15) is 324 Å². The fourth-order valence-electron chi connectivity index (χ4n) is 9.75. The van der Waals surface area contributed by atoms with Crippen molar-refractivity contribution in [1.29, 1.82) is 0 Å². The number of aliphatic hydroxyl groups is 1. The molecular formula is C68H128O17P2. The minimum atomic E-state index is -4.96. The Hall–Kier alpha value is -2.46. The summed E-state index contributed by atoms with van der Waals surface area (Å²) in [4.78, 5) is 72.3. The number of carbonyl (C=O) groups excluding carboxylic acids is 4. The van der Waals surface area contributed by atoms with Crippen LogP contribution in [0.25, 0.3) is 0 Å². The molecule has 0 radical (unpaired) electrons. The lowest BCUT2D eigenvalue weighted by Gasteiger charge is -2.21. The summed E-state index contributed by atoms with van der Waals surface area (Å²) in [7, 11) is -9.91. The van der Waals surface area contributed by atoms with Gasteiger partial charge in [-0.25, -0.2) is 9.13 Å². The van der Waals surface area contributed by atoms with Crippen LogP contribution in [0, 0.1) is 5.92 Å². The number of ether oxygens (including phenoxy) is 4. The molecular weight excluding hydrogens is 1150 g/mol. The lowest BCUT2D eigenvalue weighted by molar-refractivity contribution is -0.161. The van der Waals surface area contributed by atoms with Gasteiger partial charge < -0.3 is 33.8 Å². The number of aliphatic hydroxyl groups excluding tert-OH is 1. The van der Waals surface area contributed by atoms with E-state index in [0.29, 0.717) is 31.6 Å². The van der Waals surface area contributed by atoms with Gasteiger partial charge >= 0.3 is 39.5 Å². The third kappa shape index (κ3) is 62.1. The van der Waals surface area contributed by atoms with Gasteiger partial charge in [0.1, 0.15) is 19.3 Å². The van der Waals surface area contributed by atoms with Crippen LogP contribution in [-0.2, 0) is 65.4 Å². The summed E-state index contributed by atoms with van der Waals surface area (Å²) in [5, 5.41) is 10.6. The molecule has 0 aliphatic carbocycles. The Kier molecular flexibility index (Phi) is 59.3. The highest BCUT2D eigenvalue weighted by atomic mass is 31.2. The molecule has 0 aromatic rings. The van der Waals surface area contributed by atoms with Gasteiger partial charge in [-0.1, -0.05) is 271 Å². The van der Waals surface area contributed by atoms with Crippen LogP contribution in [0.2, 0.25) is 0 Å². The van der Waals surface area contributed by atoms with Crippen molar-refractivity contribution in [3.8, 4) is 0 Å². The van der Waals surface area contributed by atoms with Crippen LogP contribution in [0.3, 0.4) is 0 Å². The zero-order valence-electron chi connectivity index (χ0n) is 55.6. The predicted molar refractivity (Wildman–Crippen MR) is 349 cm³/mol. The summed E-state index contributed by atoms with van der Waals surface area (Å²) in [6.07, 6.45) is 49.4. The highest BCUT2D eigenvalue weighted by molar-refractivity contribution is 7.47. The van der Waals surface area contributed by atoms with Gasteiger partial charge in [-0.3, -0.25) is 37.3 Å². The van der Waals surface area contributed by atoms with Crippen molar-refractivity contribution in [2.75, 3.05) is 39.6 Å². The molecule has 19 heteroatoms. The van der Waals surface area contributed by atoms with E-state index in [9.17, 15) is 43.2 Å². The molecule has 3 N–H and O–H groups in total. The van der Waals surface area contributed by atoms with E-state index in [1.165, 1.54) is 128 Å². The molecule has 0 bridgehead atoms. The smallest absolute Gasteiger partial charge is 0.462 e. The Morgan fingerprint density at radius 2 is 0.621 bits per heavy atom. The lowest BCUT2D eigenvalue weighted by Crippen LogP contribution is -2.30. The second-order valence-electron chi connectivity index (χ2n) is 24.4. The molecule has 0 aromatic carbocycles. The van der Waals surface area contributed by atoms with E-state index in [0.717, 1.165) is 109 Å². The molecule has 0 saturated carbocycles. The van der Waals surface area contributed by atoms with Crippen LogP contribution in [0.4, 0.5) is 0 Å². The standard InChI is InChI=1S/C68H128O17P2/c1-6-9-12-15-18-21-24-26-27-28-31-34-37-44-49-54-68(73)84-63(57-78-65(70)51-46-41-35-32-30-25-22-19-16-13-10-7-2)59-82-86(74,75)80-55-62(69)56-81-87(76,77)83-60-64(58-79-66(71)52-47-42-39-38-40-45-50-61(4)5)85-67(72)53-48-43-36-33-29-23-20-17-14-11-8-3/h21,24,26-27,61-64,69H,6-20,22-23,25,28-60H2,1-5H3,(H,74,75)(H,76,77)/b24-21-,27-26-/t62-,63-,64-/m1/s1. The number of hydrogen-bond donors (Lipinski definition) is 3. The third-order valence-corrected chi connectivity index (χ3v) is 17.1. The molecule has 0 amide bonds. The predicted octanol–water partition coefficient (Wildman–Crippen LogP) is 18.9. The number of phosphoric acid groups is 2. The maximum Gasteiger partial charge on any atom is 0.472 e. The minimum Gasteiger partial charge on any atom is -0.462 e. The van der Waals surface area contributed by atoms with E-state index in [1.54, 1.807) is 0 Å². The van der Waals surface area contributed by atoms with Crippen LogP contribution in [0.5, 0.6) is 0 Å². The molecule has 17 nitrogen and oxygen atoms in total. The highest BCUT2D eigenvalue weighted by Crippen LogP contribution is 2.45. The summed E-state index contributed by atoms with van der Waals surface area (Å²) in [6.45, 7) is 7.07. The highest BCUT2D eigenvalue weighted by Gasteiger charge is 2.30. The SMILES string of the molecule is CCCCCC/C=C\C=C/CCCCCCCC(=O)O[C@H](COC(=O)CCCCCCCCCCCCCC)COP(=O)(O)OC[C@@H](O)COP(=O)(O)OC[C@@H](COC(=O)CCCCCCCCC(C)C)OC(=O)CCCCCCCCCCCCC. The molecule has 0 rings (SSSR count). The first-order chi connectivity index (χ1) is 42.0. The molecule has 0 aliphatic heterocycles. The first-order valence-corrected chi connectivity index (χ1v) is 37.9. The average Bonchev–Trinajstić information content (AvgIpc) is 3.66. The number of esters is 4. The van der Waals surface area contributed by atoms with Gasteiger partial charge in [-0.2, -0.15) is 0 Å². The monoisotopic (exact) mass is 1280 g/mol. The molecule has 0 fully saturated rings. The van der Waals surface area contributed by atoms with E-state index >= 15 is 0 Å². The van der Waals surface area contributed by atoms with Gasteiger partial charge in [0.25, 0.3) is 0 Å². The zero-order chi connectivity index (χ0) is 64.2. The number of allylic oxidation sites excluding steroid dienone is 4. The summed E-state index contributed by atoms with van der Waals surface area (Å²) in [5.74, 6) is -1.48. The second kappa shape index (κ2) is 61.1. The summed E-state index contributed by atoms with van der Waals surface area (Å²) < 4.78 is 68.1. The topological polar surface area (TPSA) is 237 Å². The van der Waals surface area contributed by atoms with E-state index in [4.69, 9.17) is 37.0 Å². The van der Waals surface area contributed by atoms with E-state index < -0.39 is 97.5 Å². The first-order valence-electron chi connectivity index (χ1n) is 35.0.